The summed E-state index contributed by atoms with van der Waals surface area (Å²) >= 11 is 1.74. The van der Waals surface area contributed by atoms with E-state index in [0.29, 0.717) is 10.8 Å². The topological polar surface area (TPSA) is 49.3 Å². The van der Waals surface area contributed by atoms with Crippen LogP contribution in [0.1, 0.15) is 36.6 Å². The van der Waals surface area contributed by atoms with Gasteiger partial charge in [0.15, 0.2) is 0 Å². The lowest BCUT2D eigenvalue weighted by atomic mass is 10.1. The number of benzene rings is 2. The molecule has 0 aliphatic heterocycles. The Hall–Kier alpha value is -1.99. The minimum Gasteiger partial charge on any atom is -0.387 e. The summed E-state index contributed by atoms with van der Waals surface area (Å²) in [6, 6.07) is 11.9. The maximum absolute atomic E-state index is 12.5. The van der Waals surface area contributed by atoms with Gasteiger partial charge in [0.1, 0.15) is 0 Å². The van der Waals surface area contributed by atoms with Gasteiger partial charge in [-0.15, -0.1) is 11.8 Å². The molecule has 0 aliphatic carbocycles. The molecule has 0 bridgehead atoms. The van der Waals surface area contributed by atoms with Gasteiger partial charge in [0, 0.05) is 16.7 Å². The molecular formula is C20H22F3NO2S. The summed E-state index contributed by atoms with van der Waals surface area (Å²) in [6.07, 6.45) is -5.31. The Morgan fingerprint density at radius 3 is 2.19 bits per heavy atom. The van der Waals surface area contributed by atoms with Gasteiger partial charge in [0.2, 0.25) is 5.91 Å². The van der Waals surface area contributed by atoms with Crippen LogP contribution in [0.3, 0.4) is 0 Å². The summed E-state index contributed by atoms with van der Waals surface area (Å²) < 4.78 is 37.6. The van der Waals surface area contributed by atoms with E-state index in [0.717, 1.165) is 22.6 Å². The number of rotatable bonds is 7. The highest BCUT2D eigenvalue weighted by atomic mass is 32.2. The van der Waals surface area contributed by atoms with Crippen LogP contribution in [0.15, 0.2) is 53.4 Å². The molecule has 0 aliphatic rings. The van der Waals surface area contributed by atoms with E-state index < -0.39 is 17.8 Å². The van der Waals surface area contributed by atoms with E-state index in [9.17, 15) is 23.1 Å². The SMILES string of the molecule is CC(C)Sc1ccc(CC(=O)NCC(O)c2ccc(C(F)(F)F)cc2)cc1. The van der Waals surface area contributed by atoms with Gasteiger partial charge in [-0.2, -0.15) is 13.2 Å². The van der Waals surface area contributed by atoms with Crippen molar-refractivity contribution < 1.29 is 23.1 Å². The summed E-state index contributed by atoms with van der Waals surface area (Å²) in [7, 11) is 0. The number of nitrogens with one attached hydrogen (secondary N) is 1. The molecule has 0 saturated heterocycles. The number of halogens is 3. The third kappa shape index (κ3) is 6.92. The van der Waals surface area contributed by atoms with Crippen molar-refractivity contribution in [2.45, 2.75) is 42.7 Å². The number of carbonyl (C=O) groups excluding carboxylic acids is 1. The van der Waals surface area contributed by atoms with E-state index in [2.05, 4.69) is 19.2 Å². The Kier molecular flexibility index (Phi) is 7.33. The summed E-state index contributed by atoms with van der Waals surface area (Å²) in [5.74, 6) is -0.259. The zero-order valence-corrected chi connectivity index (χ0v) is 15.9. The van der Waals surface area contributed by atoms with Crippen molar-refractivity contribution in [3.8, 4) is 0 Å². The lowest BCUT2D eigenvalue weighted by Gasteiger charge is -2.14. The molecule has 1 unspecified atom stereocenters. The lowest BCUT2D eigenvalue weighted by molar-refractivity contribution is -0.137. The number of aliphatic hydroxyl groups is 1. The third-order valence-corrected chi connectivity index (χ3v) is 4.79. The molecule has 2 rings (SSSR count). The van der Waals surface area contributed by atoms with Crippen LogP contribution < -0.4 is 5.32 Å². The van der Waals surface area contributed by atoms with Crippen molar-refractivity contribution >= 4 is 17.7 Å². The highest BCUT2D eigenvalue weighted by molar-refractivity contribution is 7.99. The first-order chi connectivity index (χ1) is 12.6. The molecule has 0 aromatic heterocycles. The van der Waals surface area contributed by atoms with Crippen LogP contribution in [-0.4, -0.2) is 22.8 Å². The minimum atomic E-state index is -4.42. The van der Waals surface area contributed by atoms with Crippen LogP contribution in [0.4, 0.5) is 13.2 Å². The zero-order chi connectivity index (χ0) is 20.0. The molecule has 1 amide bonds. The first kappa shape index (κ1) is 21.3. The van der Waals surface area contributed by atoms with Crippen molar-refractivity contribution in [2.75, 3.05) is 6.54 Å². The second-order valence-corrected chi connectivity index (χ2v) is 8.08. The van der Waals surface area contributed by atoms with Gasteiger partial charge in [0.25, 0.3) is 0 Å². The van der Waals surface area contributed by atoms with Crippen LogP contribution in [0.2, 0.25) is 0 Å². The predicted molar refractivity (Wildman–Crippen MR) is 101 cm³/mol. The summed E-state index contributed by atoms with van der Waals surface area (Å²) in [5, 5.41) is 13.1. The van der Waals surface area contributed by atoms with Crippen LogP contribution in [0, 0.1) is 0 Å². The normalized spacial score (nSPS) is 12.9. The number of alkyl halides is 3. The maximum atomic E-state index is 12.5. The number of hydrogen-bond donors (Lipinski definition) is 2. The van der Waals surface area contributed by atoms with Crippen LogP contribution in [-0.2, 0) is 17.4 Å². The number of thioether (sulfide) groups is 1. The van der Waals surface area contributed by atoms with Crippen molar-refractivity contribution in [1.29, 1.82) is 0 Å². The molecular weight excluding hydrogens is 375 g/mol. The highest BCUT2D eigenvalue weighted by Gasteiger charge is 2.30. The fraction of sp³-hybridized carbons (Fsp3) is 0.350. The Morgan fingerprint density at radius 1 is 1.07 bits per heavy atom. The van der Waals surface area contributed by atoms with Crippen LogP contribution in [0.25, 0.3) is 0 Å². The Balaban J connectivity index is 1.84. The standard InChI is InChI=1S/C20H22F3NO2S/c1-13(2)27-17-9-3-14(4-10-17)11-19(26)24-12-18(25)15-5-7-16(8-6-15)20(21,22)23/h3-10,13,18,25H,11-12H2,1-2H3,(H,24,26). The quantitative estimate of drug-likeness (QED) is 0.672. The molecule has 0 radical (unpaired) electrons. The number of aliphatic hydroxyl groups excluding tert-OH is 1. The first-order valence-corrected chi connectivity index (χ1v) is 9.40. The zero-order valence-electron chi connectivity index (χ0n) is 15.1. The molecule has 0 fully saturated rings. The van der Waals surface area contributed by atoms with Crippen molar-refractivity contribution in [2.24, 2.45) is 0 Å². The average molecular weight is 397 g/mol. The smallest absolute Gasteiger partial charge is 0.387 e. The first-order valence-electron chi connectivity index (χ1n) is 8.52. The molecule has 27 heavy (non-hydrogen) atoms. The van der Waals surface area contributed by atoms with Gasteiger partial charge in [-0.3, -0.25) is 4.79 Å². The van der Waals surface area contributed by atoms with E-state index in [1.807, 2.05) is 24.3 Å². The summed E-state index contributed by atoms with van der Waals surface area (Å²) in [6.45, 7) is 4.15. The number of amides is 1. The number of hydrogen-bond acceptors (Lipinski definition) is 3. The minimum absolute atomic E-state index is 0.0640. The largest absolute Gasteiger partial charge is 0.416 e. The van der Waals surface area contributed by atoms with Gasteiger partial charge in [-0.05, 0) is 35.4 Å². The van der Waals surface area contributed by atoms with Crippen LogP contribution >= 0.6 is 11.8 Å². The fourth-order valence-electron chi connectivity index (χ4n) is 2.43. The third-order valence-electron chi connectivity index (χ3n) is 3.78. The molecule has 0 saturated carbocycles. The molecule has 3 nitrogen and oxygen atoms in total. The molecule has 2 aromatic rings. The Labute approximate surface area is 161 Å². The van der Waals surface area contributed by atoms with Gasteiger partial charge in [-0.1, -0.05) is 38.1 Å². The molecule has 2 N–H and O–H groups in total. The number of carbonyl (C=O) groups is 1. The second kappa shape index (κ2) is 9.28. The van der Waals surface area contributed by atoms with Gasteiger partial charge in [-0.25, -0.2) is 0 Å². The van der Waals surface area contributed by atoms with E-state index in [4.69, 9.17) is 0 Å². The van der Waals surface area contributed by atoms with Gasteiger partial charge in [0.05, 0.1) is 18.1 Å². The van der Waals surface area contributed by atoms with Crippen molar-refractivity contribution in [3.63, 3.8) is 0 Å². The molecule has 2 aromatic carbocycles. The van der Waals surface area contributed by atoms with E-state index in [1.165, 1.54) is 12.1 Å². The van der Waals surface area contributed by atoms with Gasteiger partial charge < -0.3 is 10.4 Å². The Bertz CT molecular complexity index is 743. The van der Waals surface area contributed by atoms with Crippen molar-refractivity contribution in [3.05, 3.63) is 65.2 Å². The average Bonchev–Trinajstić information content (AvgIpc) is 2.60. The maximum Gasteiger partial charge on any atom is 0.416 e. The predicted octanol–water partition coefficient (Wildman–Crippen LogP) is 4.60. The lowest BCUT2D eigenvalue weighted by Crippen LogP contribution is -2.29. The summed E-state index contributed by atoms with van der Waals surface area (Å²) in [5.41, 5.74) is 0.393. The summed E-state index contributed by atoms with van der Waals surface area (Å²) in [4.78, 5) is 13.2. The second-order valence-electron chi connectivity index (χ2n) is 6.43. The molecule has 1 atom stereocenters. The fourth-order valence-corrected chi connectivity index (χ4v) is 3.27. The molecule has 146 valence electrons. The van der Waals surface area contributed by atoms with E-state index in [1.54, 1.807) is 11.8 Å². The molecule has 7 heteroatoms. The van der Waals surface area contributed by atoms with Crippen LogP contribution in [0.5, 0.6) is 0 Å². The molecule has 0 heterocycles. The van der Waals surface area contributed by atoms with E-state index >= 15 is 0 Å². The van der Waals surface area contributed by atoms with E-state index in [-0.39, 0.29) is 18.9 Å². The Morgan fingerprint density at radius 2 is 1.67 bits per heavy atom. The molecule has 0 spiro atoms. The monoisotopic (exact) mass is 397 g/mol. The van der Waals surface area contributed by atoms with Crippen molar-refractivity contribution in [1.82, 2.24) is 5.32 Å². The highest BCUT2D eigenvalue weighted by Crippen LogP contribution is 2.29. The van der Waals surface area contributed by atoms with Gasteiger partial charge >= 0.3 is 6.18 Å².